The van der Waals surface area contributed by atoms with Crippen LogP contribution in [-0.4, -0.2) is 11.7 Å². The Morgan fingerprint density at radius 2 is 2.36 bits per heavy atom. The SMILES string of the molecule is CCSc1sc(C(N)=O)c(N)c1C#N. The van der Waals surface area contributed by atoms with E-state index in [0.29, 0.717) is 5.56 Å². The van der Waals surface area contributed by atoms with Crippen LogP contribution in [-0.2, 0) is 0 Å². The Kier molecular flexibility index (Phi) is 3.38. The van der Waals surface area contributed by atoms with Crippen LogP contribution in [0.1, 0.15) is 22.2 Å². The fourth-order valence-electron chi connectivity index (χ4n) is 0.944. The molecule has 0 aromatic carbocycles. The Balaban J connectivity index is 3.26. The Labute approximate surface area is 89.9 Å². The zero-order chi connectivity index (χ0) is 10.7. The Morgan fingerprint density at radius 3 is 2.79 bits per heavy atom. The van der Waals surface area contributed by atoms with E-state index in [1.54, 1.807) is 0 Å². The monoisotopic (exact) mass is 227 g/mol. The van der Waals surface area contributed by atoms with Crippen LogP contribution in [0.4, 0.5) is 5.69 Å². The summed E-state index contributed by atoms with van der Waals surface area (Å²) in [6.07, 6.45) is 0. The fraction of sp³-hybridized carbons (Fsp3) is 0.250. The summed E-state index contributed by atoms with van der Waals surface area (Å²) in [6.45, 7) is 1.96. The summed E-state index contributed by atoms with van der Waals surface area (Å²) in [5.41, 5.74) is 11.3. The van der Waals surface area contributed by atoms with Gasteiger partial charge in [0.2, 0.25) is 0 Å². The van der Waals surface area contributed by atoms with E-state index in [9.17, 15) is 4.79 Å². The highest BCUT2D eigenvalue weighted by atomic mass is 32.2. The molecule has 0 atom stereocenters. The van der Waals surface area contributed by atoms with Crippen LogP contribution in [0.25, 0.3) is 0 Å². The van der Waals surface area contributed by atoms with Crippen molar-refractivity contribution in [3.63, 3.8) is 0 Å². The second-order valence-corrected chi connectivity index (χ2v) is 4.97. The number of carbonyl (C=O) groups is 1. The lowest BCUT2D eigenvalue weighted by atomic mass is 10.3. The maximum Gasteiger partial charge on any atom is 0.260 e. The first-order valence-electron chi connectivity index (χ1n) is 3.86. The standard InChI is InChI=1S/C8H9N3OS2/c1-2-13-8-4(3-9)5(10)6(14-8)7(11)12/h2,10H2,1H3,(H2,11,12). The first-order chi connectivity index (χ1) is 6.61. The van der Waals surface area contributed by atoms with Gasteiger partial charge in [0.15, 0.2) is 0 Å². The van der Waals surface area contributed by atoms with Crippen molar-refractivity contribution < 1.29 is 4.79 Å². The molecule has 0 bridgehead atoms. The lowest BCUT2D eigenvalue weighted by Gasteiger charge is -1.92. The second kappa shape index (κ2) is 4.35. The summed E-state index contributed by atoms with van der Waals surface area (Å²) in [7, 11) is 0. The lowest BCUT2D eigenvalue weighted by Crippen LogP contribution is -2.10. The van der Waals surface area contributed by atoms with E-state index in [4.69, 9.17) is 16.7 Å². The van der Waals surface area contributed by atoms with Crippen LogP contribution in [0.3, 0.4) is 0 Å². The molecule has 0 spiro atoms. The minimum atomic E-state index is -0.577. The number of amides is 1. The topological polar surface area (TPSA) is 92.9 Å². The Bertz CT molecular complexity index is 405. The van der Waals surface area contributed by atoms with Gasteiger partial charge in [0.25, 0.3) is 5.91 Å². The van der Waals surface area contributed by atoms with Gasteiger partial charge < -0.3 is 11.5 Å². The van der Waals surface area contributed by atoms with Gasteiger partial charge in [-0.25, -0.2) is 0 Å². The number of nitrogens with two attached hydrogens (primary N) is 2. The minimum absolute atomic E-state index is 0.209. The molecule has 0 aliphatic heterocycles. The van der Waals surface area contributed by atoms with Gasteiger partial charge in [-0.05, 0) is 5.75 Å². The van der Waals surface area contributed by atoms with Crippen molar-refractivity contribution in [1.82, 2.24) is 0 Å². The molecule has 0 unspecified atom stereocenters. The summed E-state index contributed by atoms with van der Waals surface area (Å²) < 4.78 is 0.765. The number of primary amides is 1. The van der Waals surface area contributed by atoms with E-state index in [2.05, 4.69) is 0 Å². The second-order valence-electron chi connectivity index (χ2n) is 2.42. The number of carbonyl (C=O) groups excluding carboxylic acids is 1. The lowest BCUT2D eigenvalue weighted by molar-refractivity contribution is 0.100. The molecule has 0 saturated carbocycles. The zero-order valence-corrected chi connectivity index (χ0v) is 9.17. The molecule has 6 heteroatoms. The molecule has 1 aromatic rings. The van der Waals surface area contributed by atoms with Crippen molar-refractivity contribution in [3.8, 4) is 6.07 Å². The number of rotatable bonds is 3. The number of anilines is 1. The predicted octanol–water partition coefficient (Wildman–Crippen LogP) is 1.41. The van der Waals surface area contributed by atoms with Crippen molar-refractivity contribution in [2.24, 2.45) is 5.73 Å². The van der Waals surface area contributed by atoms with E-state index in [1.807, 2.05) is 13.0 Å². The highest BCUT2D eigenvalue weighted by Crippen LogP contribution is 2.37. The number of thioether (sulfide) groups is 1. The van der Waals surface area contributed by atoms with Gasteiger partial charge in [0.1, 0.15) is 16.5 Å². The molecule has 1 heterocycles. The number of nitrogen functional groups attached to an aromatic ring is 1. The molecule has 0 radical (unpaired) electrons. The highest BCUT2D eigenvalue weighted by Gasteiger charge is 2.18. The summed E-state index contributed by atoms with van der Waals surface area (Å²) in [4.78, 5) is 11.2. The zero-order valence-electron chi connectivity index (χ0n) is 7.53. The van der Waals surface area contributed by atoms with Crippen molar-refractivity contribution in [3.05, 3.63) is 10.4 Å². The molecule has 0 aliphatic carbocycles. The Hall–Kier alpha value is -1.19. The molecular weight excluding hydrogens is 218 g/mol. The molecule has 1 aromatic heterocycles. The molecule has 1 rings (SSSR count). The molecule has 0 fully saturated rings. The third-order valence-corrected chi connectivity index (χ3v) is 3.90. The van der Waals surface area contributed by atoms with Crippen molar-refractivity contribution in [2.45, 2.75) is 11.1 Å². The summed E-state index contributed by atoms with van der Waals surface area (Å²) in [5, 5.41) is 8.83. The predicted molar refractivity (Wildman–Crippen MR) is 58.4 cm³/mol. The van der Waals surface area contributed by atoms with E-state index in [1.165, 1.54) is 23.1 Å². The molecule has 0 saturated heterocycles. The maximum atomic E-state index is 10.9. The largest absolute Gasteiger partial charge is 0.396 e. The average molecular weight is 227 g/mol. The molecule has 1 amide bonds. The van der Waals surface area contributed by atoms with Crippen LogP contribution in [0, 0.1) is 11.3 Å². The fourth-order valence-corrected chi connectivity index (χ4v) is 3.10. The minimum Gasteiger partial charge on any atom is -0.396 e. The van der Waals surface area contributed by atoms with Crippen LogP contribution in [0.2, 0.25) is 0 Å². The van der Waals surface area contributed by atoms with E-state index < -0.39 is 5.91 Å². The summed E-state index contributed by atoms with van der Waals surface area (Å²) in [6, 6.07) is 1.98. The first-order valence-corrected chi connectivity index (χ1v) is 5.67. The van der Waals surface area contributed by atoms with Gasteiger partial charge in [-0.1, -0.05) is 6.92 Å². The van der Waals surface area contributed by atoms with Crippen molar-refractivity contribution >= 4 is 34.7 Å². The van der Waals surface area contributed by atoms with E-state index >= 15 is 0 Å². The quantitative estimate of drug-likeness (QED) is 0.763. The average Bonchev–Trinajstić information content (AvgIpc) is 2.43. The van der Waals surface area contributed by atoms with Crippen LogP contribution in [0.5, 0.6) is 0 Å². The van der Waals surface area contributed by atoms with E-state index in [0.717, 1.165) is 9.96 Å². The normalized spacial score (nSPS) is 9.71. The molecule has 4 N–H and O–H groups in total. The summed E-state index contributed by atoms with van der Waals surface area (Å²) in [5.74, 6) is 0.249. The van der Waals surface area contributed by atoms with Crippen LogP contribution < -0.4 is 11.5 Å². The van der Waals surface area contributed by atoms with Gasteiger partial charge in [0.05, 0.1) is 9.90 Å². The van der Waals surface area contributed by atoms with Crippen LogP contribution >= 0.6 is 23.1 Å². The van der Waals surface area contributed by atoms with Crippen molar-refractivity contribution in [1.29, 1.82) is 5.26 Å². The van der Waals surface area contributed by atoms with Gasteiger partial charge in [-0.3, -0.25) is 4.79 Å². The molecule has 4 nitrogen and oxygen atoms in total. The number of hydrogen-bond acceptors (Lipinski definition) is 5. The smallest absolute Gasteiger partial charge is 0.260 e. The highest BCUT2D eigenvalue weighted by molar-refractivity contribution is 8.01. The van der Waals surface area contributed by atoms with Gasteiger partial charge in [-0.2, -0.15) is 5.26 Å². The van der Waals surface area contributed by atoms with Gasteiger partial charge >= 0.3 is 0 Å². The third kappa shape index (κ3) is 1.84. The third-order valence-electron chi connectivity index (χ3n) is 1.52. The first kappa shape index (κ1) is 10.9. The van der Waals surface area contributed by atoms with Gasteiger partial charge in [-0.15, -0.1) is 23.1 Å². The summed E-state index contributed by atoms with van der Waals surface area (Å²) >= 11 is 2.67. The Morgan fingerprint density at radius 1 is 1.71 bits per heavy atom. The molecule has 0 aliphatic rings. The van der Waals surface area contributed by atoms with Crippen LogP contribution in [0.15, 0.2) is 4.21 Å². The molecule has 74 valence electrons. The van der Waals surface area contributed by atoms with Crippen molar-refractivity contribution in [2.75, 3.05) is 11.5 Å². The molecular formula is C8H9N3OS2. The number of nitriles is 1. The number of thiophene rings is 1. The number of nitrogens with zero attached hydrogens (tertiary/aromatic N) is 1. The van der Waals surface area contributed by atoms with Gasteiger partial charge in [0, 0.05) is 0 Å². The van der Waals surface area contributed by atoms with E-state index in [-0.39, 0.29) is 10.6 Å². The molecule has 14 heavy (non-hydrogen) atoms. The number of hydrogen-bond donors (Lipinski definition) is 2. The maximum absolute atomic E-state index is 10.9.